The second-order valence-corrected chi connectivity index (χ2v) is 7.61. The number of fused-ring (bicyclic) bond motifs is 1. The van der Waals surface area contributed by atoms with E-state index in [9.17, 15) is 0 Å². The van der Waals surface area contributed by atoms with Gasteiger partial charge in [-0.1, -0.05) is 56.0 Å². The zero-order valence-electron chi connectivity index (χ0n) is 10.6. The molecule has 1 heterocycles. The van der Waals surface area contributed by atoms with Gasteiger partial charge in [-0.25, -0.2) is 4.98 Å². The SMILES string of the molecule is c1ccc2sc(SC3CCCCCCC3)nc2c1. The molecule has 0 saturated heterocycles. The van der Waals surface area contributed by atoms with Gasteiger partial charge in [0.05, 0.1) is 10.2 Å². The first kappa shape index (κ1) is 12.5. The number of hydrogen-bond acceptors (Lipinski definition) is 3. The third-order valence-corrected chi connectivity index (χ3v) is 6.06. The molecule has 3 rings (SSSR count). The molecule has 0 radical (unpaired) electrons. The van der Waals surface area contributed by atoms with Crippen molar-refractivity contribution >= 4 is 33.3 Å². The molecule has 96 valence electrons. The van der Waals surface area contributed by atoms with Crippen LogP contribution in [0.25, 0.3) is 10.2 Å². The maximum Gasteiger partial charge on any atom is 0.151 e. The number of hydrogen-bond donors (Lipinski definition) is 0. The molecule has 0 aliphatic heterocycles. The number of nitrogens with zero attached hydrogens (tertiary/aromatic N) is 1. The van der Waals surface area contributed by atoms with Gasteiger partial charge in [0.25, 0.3) is 0 Å². The summed E-state index contributed by atoms with van der Waals surface area (Å²) in [6, 6.07) is 8.47. The second-order valence-electron chi connectivity index (χ2n) is 5.03. The number of aromatic nitrogens is 1. The van der Waals surface area contributed by atoms with Crippen LogP contribution in [0.5, 0.6) is 0 Å². The molecule has 0 unspecified atom stereocenters. The van der Waals surface area contributed by atoms with Gasteiger partial charge in [0.1, 0.15) is 0 Å². The van der Waals surface area contributed by atoms with Crippen molar-refractivity contribution < 1.29 is 0 Å². The van der Waals surface area contributed by atoms with E-state index in [-0.39, 0.29) is 0 Å². The van der Waals surface area contributed by atoms with Crippen LogP contribution in [0.2, 0.25) is 0 Å². The highest BCUT2D eigenvalue weighted by Gasteiger charge is 2.15. The van der Waals surface area contributed by atoms with Crippen LogP contribution in [0.1, 0.15) is 44.9 Å². The van der Waals surface area contributed by atoms with Gasteiger partial charge in [0, 0.05) is 5.25 Å². The van der Waals surface area contributed by atoms with E-state index < -0.39 is 0 Å². The van der Waals surface area contributed by atoms with Gasteiger partial charge in [-0.3, -0.25) is 0 Å². The molecule has 0 bridgehead atoms. The van der Waals surface area contributed by atoms with E-state index in [1.165, 1.54) is 54.0 Å². The third kappa shape index (κ3) is 3.07. The topological polar surface area (TPSA) is 12.9 Å². The van der Waals surface area contributed by atoms with Crippen LogP contribution >= 0.6 is 23.1 Å². The van der Waals surface area contributed by atoms with Crippen LogP contribution in [0.3, 0.4) is 0 Å². The van der Waals surface area contributed by atoms with Crippen molar-refractivity contribution in [1.82, 2.24) is 4.98 Å². The van der Waals surface area contributed by atoms with E-state index in [1.807, 2.05) is 23.1 Å². The number of thioether (sulfide) groups is 1. The van der Waals surface area contributed by atoms with E-state index in [4.69, 9.17) is 4.98 Å². The van der Waals surface area contributed by atoms with Gasteiger partial charge >= 0.3 is 0 Å². The monoisotopic (exact) mass is 277 g/mol. The average Bonchev–Trinajstić information content (AvgIpc) is 2.74. The van der Waals surface area contributed by atoms with Crippen molar-refractivity contribution in [3.8, 4) is 0 Å². The second kappa shape index (κ2) is 6.07. The summed E-state index contributed by atoms with van der Waals surface area (Å²) in [4.78, 5) is 4.74. The zero-order chi connectivity index (χ0) is 12.2. The largest absolute Gasteiger partial charge is 0.230 e. The van der Waals surface area contributed by atoms with Crippen LogP contribution < -0.4 is 0 Å². The molecule has 1 aliphatic carbocycles. The number of benzene rings is 1. The highest BCUT2D eigenvalue weighted by molar-refractivity contribution is 8.01. The molecular weight excluding hydrogens is 258 g/mol. The number of para-hydroxylation sites is 1. The summed E-state index contributed by atoms with van der Waals surface area (Å²) in [7, 11) is 0. The van der Waals surface area contributed by atoms with Gasteiger partial charge in [-0.15, -0.1) is 11.3 Å². The minimum absolute atomic E-state index is 0.797. The molecular formula is C15H19NS2. The molecule has 0 amide bonds. The molecule has 1 aromatic carbocycles. The predicted molar refractivity (Wildman–Crippen MR) is 81.6 cm³/mol. The summed E-state index contributed by atoms with van der Waals surface area (Å²) in [5.41, 5.74) is 1.16. The Kier molecular flexibility index (Phi) is 4.21. The molecule has 1 nitrogen and oxygen atoms in total. The third-order valence-electron chi connectivity index (χ3n) is 3.59. The maximum absolute atomic E-state index is 4.74. The molecule has 3 heteroatoms. The van der Waals surface area contributed by atoms with Gasteiger partial charge < -0.3 is 0 Å². The lowest BCUT2D eigenvalue weighted by molar-refractivity contribution is 0.513. The molecule has 18 heavy (non-hydrogen) atoms. The van der Waals surface area contributed by atoms with Crippen molar-refractivity contribution in [2.24, 2.45) is 0 Å². The normalized spacial score (nSPS) is 18.7. The standard InChI is InChI=1S/C15H19NS2/c1-2-4-8-12(9-5-3-1)17-15-16-13-10-6-7-11-14(13)18-15/h6-7,10-12H,1-5,8-9H2. The Balaban J connectivity index is 1.70. The van der Waals surface area contributed by atoms with E-state index >= 15 is 0 Å². The van der Waals surface area contributed by atoms with Gasteiger partial charge in [-0.05, 0) is 25.0 Å². The Bertz CT molecular complexity index is 465. The minimum Gasteiger partial charge on any atom is -0.230 e. The molecule has 0 spiro atoms. The molecule has 2 aromatic rings. The van der Waals surface area contributed by atoms with Crippen LogP contribution in [0, 0.1) is 0 Å². The minimum atomic E-state index is 0.797. The quantitative estimate of drug-likeness (QED) is 0.718. The Morgan fingerprint density at radius 2 is 1.72 bits per heavy atom. The van der Waals surface area contributed by atoms with Crippen LogP contribution in [-0.4, -0.2) is 10.2 Å². The van der Waals surface area contributed by atoms with E-state index in [0.717, 1.165) is 10.8 Å². The van der Waals surface area contributed by atoms with E-state index in [2.05, 4.69) is 24.3 Å². The summed E-state index contributed by atoms with van der Waals surface area (Å²) in [6.07, 6.45) is 9.86. The predicted octanol–water partition coefficient (Wildman–Crippen LogP) is 5.50. The van der Waals surface area contributed by atoms with Crippen LogP contribution in [0.15, 0.2) is 28.6 Å². The summed E-state index contributed by atoms with van der Waals surface area (Å²) < 4.78 is 2.59. The smallest absolute Gasteiger partial charge is 0.151 e. The first-order chi connectivity index (χ1) is 8.92. The maximum atomic E-state index is 4.74. The van der Waals surface area contributed by atoms with Crippen molar-refractivity contribution in [3.05, 3.63) is 24.3 Å². The van der Waals surface area contributed by atoms with Gasteiger partial charge in [0.15, 0.2) is 4.34 Å². The lowest BCUT2D eigenvalue weighted by Crippen LogP contribution is -2.05. The summed E-state index contributed by atoms with van der Waals surface area (Å²) in [5, 5.41) is 0.797. The van der Waals surface area contributed by atoms with Gasteiger partial charge in [-0.2, -0.15) is 0 Å². The lowest BCUT2D eigenvalue weighted by Gasteiger charge is -2.17. The van der Waals surface area contributed by atoms with Gasteiger partial charge in [0.2, 0.25) is 0 Å². The molecule has 1 fully saturated rings. The first-order valence-corrected chi connectivity index (χ1v) is 8.64. The highest BCUT2D eigenvalue weighted by Crippen LogP contribution is 2.36. The van der Waals surface area contributed by atoms with Crippen molar-refractivity contribution in [3.63, 3.8) is 0 Å². The fourth-order valence-corrected chi connectivity index (χ4v) is 5.15. The molecule has 0 atom stereocenters. The molecule has 1 saturated carbocycles. The van der Waals surface area contributed by atoms with Crippen LogP contribution in [-0.2, 0) is 0 Å². The lowest BCUT2D eigenvalue weighted by atomic mass is 10.0. The van der Waals surface area contributed by atoms with Crippen molar-refractivity contribution in [2.75, 3.05) is 0 Å². The Morgan fingerprint density at radius 3 is 2.50 bits per heavy atom. The molecule has 0 N–H and O–H groups in total. The summed E-state index contributed by atoms with van der Waals surface area (Å²) >= 11 is 3.88. The number of thiazole rings is 1. The highest BCUT2D eigenvalue weighted by atomic mass is 32.2. The van der Waals surface area contributed by atoms with E-state index in [1.54, 1.807) is 0 Å². The van der Waals surface area contributed by atoms with Crippen LogP contribution in [0.4, 0.5) is 0 Å². The van der Waals surface area contributed by atoms with E-state index in [0.29, 0.717) is 0 Å². The molecule has 1 aliphatic rings. The average molecular weight is 277 g/mol. The Hall–Kier alpha value is -0.540. The zero-order valence-corrected chi connectivity index (χ0v) is 12.2. The number of rotatable bonds is 2. The fraction of sp³-hybridized carbons (Fsp3) is 0.533. The van der Waals surface area contributed by atoms with Crippen molar-refractivity contribution in [2.45, 2.75) is 54.5 Å². The Labute approximate surface area is 117 Å². The fourth-order valence-electron chi connectivity index (χ4n) is 2.58. The summed E-state index contributed by atoms with van der Waals surface area (Å²) in [6.45, 7) is 0. The first-order valence-electron chi connectivity index (χ1n) is 6.94. The molecule has 1 aromatic heterocycles. The Morgan fingerprint density at radius 1 is 1.00 bits per heavy atom. The summed E-state index contributed by atoms with van der Waals surface area (Å²) in [5.74, 6) is 0. The van der Waals surface area contributed by atoms with Crippen molar-refractivity contribution in [1.29, 1.82) is 0 Å².